The molecule has 0 saturated carbocycles. The molecule has 0 saturated heterocycles. The number of nitrogens with one attached hydrogen (secondary N) is 1. The molecule has 130 valence electrons. The first-order valence-corrected chi connectivity index (χ1v) is 8.64. The molecule has 26 heavy (non-hydrogen) atoms. The Morgan fingerprint density at radius 1 is 0.923 bits per heavy atom. The summed E-state index contributed by atoms with van der Waals surface area (Å²) >= 11 is 0. The quantitative estimate of drug-likeness (QED) is 0.513. The zero-order chi connectivity index (χ0) is 17.9. The predicted octanol–water partition coefficient (Wildman–Crippen LogP) is 5.08. The van der Waals surface area contributed by atoms with E-state index in [1.54, 1.807) is 13.0 Å². The van der Waals surface area contributed by atoms with E-state index in [4.69, 9.17) is 9.47 Å². The lowest BCUT2D eigenvalue weighted by Crippen LogP contribution is -2.03. The molecule has 0 amide bonds. The van der Waals surface area contributed by atoms with Gasteiger partial charge in [0.2, 0.25) is 0 Å². The summed E-state index contributed by atoms with van der Waals surface area (Å²) in [4.78, 5) is 15.4. The van der Waals surface area contributed by atoms with Crippen molar-refractivity contribution in [3.8, 4) is 5.75 Å². The van der Waals surface area contributed by atoms with E-state index in [0.29, 0.717) is 18.8 Å². The number of aromatic nitrogens is 1. The first-order valence-electron chi connectivity index (χ1n) is 8.64. The molecule has 4 heteroatoms. The summed E-state index contributed by atoms with van der Waals surface area (Å²) in [6.45, 7) is 2.68. The van der Waals surface area contributed by atoms with Crippen molar-refractivity contribution in [2.75, 3.05) is 6.61 Å². The molecule has 0 atom stereocenters. The van der Waals surface area contributed by atoms with Gasteiger partial charge in [0.05, 0.1) is 12.2 Å². The molecule has 4 nitrogen and oxygen atoms in total. The zero-order valence-corrected chi connectivity index (χ0v) is 14.5. The molecule has 4 aromatic rings. The van der Waals surface area contributed by atoms with Gasteiger partial charge < -0.3 is 14.5 Å². The largest absolute Gasteiger partial charge is 0.489 e. The van der Waals surface area contributed by atoms with E-state index in [9.17, 15) is 4.79 Å². The lowest BCUT2D eigenvalue weighted by Gasteiger charge is -2.06. The first-order chi connectivity index (χ1) is 12.7. The molecule has 1 aromatic heterocycles. The SMILES string of the molecule is CCOC(=O)c1ccc2[nH]c3ccc(OCc4ccccc4)cc3c2c1. The highest BCUT2D eigenvalue weighted by Gasteiger charge is 2.11. The van der Waals surface area contributed by atoms with Gasteiger partial charge >= 0.3 is 5.97 Å². The van der Waals surface area contributed by atoms with Gasteiger partial charge in [-0.05, 0) is 48.9 Å². The molecular weight excluding hydrogens is 326 g/mol. The minimum Gasteiger partial charge on any atom is -0.489 e. The molecule has 0 aliphatic carbocycles. The fraction of sp³-hybridized carbons (Fsp3) is 0.136. The molecule has 0 bridgehead atoms. The van der Waals surface area contributed by atoms with Gasteiger partial charge in [0.25, 0.3) is 0 Å². The number of ether oxygens (including phenoxy) is 2. The van der Waals surface area contributed by atoms with Gasteiger partial charge in [0.1, 0.15) is 12.4 Å². The third-order valence-electron chi connectivity index (χ3n) is 4.33. The standard InChI is InChI=1S/C22H19NO3/c1-2-25-22(24)16-8-10-20-18(12-16)19-13-17(9-11-21(19)23-20)26-14-15-6-4-3-5-7-15/h3-13,23H,2,14H2,1H3. The van der Waals surface area contributed by atoms with Crippen LogP contribution < -0.4 is 4.74 Å². The van der Waals surface area contributed by atoms with Crippen molar-refractivity contribution in [3.05, 3.63) is 77.9 Å². The number of benzene rings is 3. The Bertz CT molecular complexity index is 1070. The number of H-pyrrole nitrogens is 1. The van der Waals surface area contributed by atoms with Crippen molar-refractivity contribution in [1.82, 2.24) is 4.98 Å². The second kappa shape index (κ2) is 6.92. The molecule has 0 aliphatic heterocycles. The van der Waals surface area contributed by atoms with Gasteiger partial charge in [-0.15, -0.1) is 0 Å². The second-order valence-electron chi connectivity index (χ2n) is 6.09. The van der Waals surface area contributed by atoms with Crippen LogP contribution in [0.25, 0.3) is 21.8 Å². The predicted molar refractivity (Wildman–Crippen MR) is 103 cm³/mol. The molecule has 0 fully saturated rings. The van der Waals surface area contributed by atoms with Gasteiger partial charge in [0.15, 0.2) is 0 Å². The Hall–Kier alpha value is -3.27. The fourth-order valence-electron chi connectivity index (χ4n) is 3.05. The summed E-state index contributed by atoms with van der Waals surface area (Å²) < 4.78 is 11.0. The van der Waals surface area contributed by atoms with Crippen molar-refractivity contribution >= 4 is 27.8 Å². The third-order valence-corrected chi connectivity index (χ3v) is 4.33. The van der Waals surface area contributed by atoms with Crippen LogP contribution in [0.1, 0.15) is 22.8 Å². The van der Waals surface area contributed by atoms with Crippen molar-refractivity contribution in [2.24, 2.45) is 0 Å². The van der Waals surface area contributed by atoms with Crippen LogP contribution in [-0.4, -0.2) is 17.6 Å². The third kappa shape index (κ3) is 3.14. The Kier molecular flexibility index (Phi) is 4.32. The van der Waals surface area contributed by atoms with E-state index in [1.165, 1.54) is 0 Å². The zero-order valence-electron chi connectivity index (χ0n) is 14.5. The number of carbonyl (C=O) groups is 1. The molecule has 0 spiro atoms. The van der Waals surface area contributed by atoms with E-state index in [2.05, 4.69) is 4.98 Å². The topological polar surface area (TPSA) is 51.3 Å². The summed E-state index contributed by atoms with van der Waals surface area (Å²) in [5, 5.41) is 2.01. The summed E-state index contributed by atoms with van der Waals surface area (Å²) in [7, 11) is 0. The molecule has 1 N–H and O–H groups in total. The Balaban J connectivity index is 1.68. The summed E-state index contributed by atoms with van der Waals surface area (Å²) in [5.74, 6) is 0.490. The maximum atomic E-state index is 12.0. The average molecular weight is 345 g/mol. The van der Waals surface area contributed by atoms with Gasteiger partial charge in [0, 0.05) is 21.8 Å². The highest BCUT2D eigenvalue weighted by atomic mass is 16.5. The molecular formula is C22H19NO3. The first kappa shape index (κ1) is 16.2. The van der Waals surface area contributed by atoms with Crippen LogP contribution in [0.2, 0.25) is 0 Å². The summed E-state index contributed by atoms with van der Waals surface area (Å²) in [5.41, 5.74) is 3.66. The number of esters is 1. The molecule has 3 aromatic carbocycles. The van der Waals surface area contributed by atoms with Crippen LogP contribution in [-0.2, 0) is 11.3 Å². The average Bonchev–Trinajstić information content (AvgIpc) is 3.04. The van der Waals surface area contributed by atoms with Gasteiger partial charge in [-0.1, -0.05) is 30.3 Å². The molecule has 4 rings (SSSR count). The maximum Gasteiger partial charge on any atom is 0.338 e. The van der Waals surface area contributed by atoms with E-state index in [0.717, 1.165) is 33.1 Å². The Labute approximate surface area is 151 Å². The van der Waals surface area contributed by atoms with Gasteiger partial charge in [-0.25, -0.2) is 4.79 Å². The van der Waals surface area contributed by atoms with Crippen molar-refractivity contribution in [3.63, 3.8) is 0 Å². The second-order valence-corrected chi connectivity index (χ2v) is 6.09. The minimum atomic E-state index is -0.305. The molecule has 0 unspecified atom stereocenters. The number of carbonyl (C=O) groups excluding carboxylic acids is 1. The fourth-order valence-corrected chi connectivity index (χ4v) is 3.05. The van der Waals surface area contributed by atoms with Crippen LogP contribution in [0.3, 0.4) is 0 Å². The smallest absolute Gasteiger partial charge is 0.338 e. The summed E-state index contributed by atoms with van der Waals surface area (Å²) in [6, 6.07) is 21.6. The van der Waals surface area contributed by atoms with Crippen LogP contribution in [0.15, 0.2) is 66.7 Å². The minimum absolute atomic E-state index is 0.305. The van der Waals surface area contributed by atoms with Crippen molar-refractivity contribution < 1.29 is 14.3 Å². The molecule has 1 heterocycles. The van der Waals surface area contributed by atoms with E-state index in [1.807, 2.05) is 60.7 Å². The van der Waals surface area contributed by atoms with E-state index in [-0.39, 0.29) is 5.97 Å². The highest BCUT2D eigenvalue weighted by Crippen LogP contribution is 2.30. The summed E-state index contributed by atoms with van der Waals surface area (Å²) in [6.07, 6.45) is 0. The maximum absolute atomic E-state index is 12.0. The van der Waals surface area contributed by atoms with Gasteiger partial charge in [-0.3, -0.25) is 0 Å². The van der Waals surface area contributed by atoms with Gasteiger partial charge in [-0.2, -0.15) is 0 Å². The molecule has 0 radical (unpaired) electrons. The Morgan fingerprint density at radius 3 is 2.42 bits per heavy atom. The van der Waals surface area contributed by atoms with Crippen molar-refractivity contribution in [1.29, 1.82) is 0 Å². The number of hydrogen-bond acceptors (Lipinski definition) is 3. The molecule has 0 aliphatic rings. The number of fused-ring (bicyclic) bond motifs is 3. The van der Waals surface area contributed by atoms with Crippen LogP contribution in [0.4, 0.5) is 0 Å². The number of hydrogen-bond donors (Lipinski definition) is 1. The normalized spacial score (nSPS) is 11.0. The number of rotatable bonds is 5. The van der Waals surface area contributed by atoms with E-state index < -0.39 is 0 Å². The lowest BCUT2D eigenvalue weighted by atomic mass is 10.1. The Morgan fingerprint density at radius 2 is 1.65 bits per heavy atom. The van der Waals surface area contributed by atoms with E-state index >= 15 is 0 Å². The lowest BCUT2D eigenvalue weighted by molar-refractivity contribution is 0.0526. The van der Waals surface area contributed by atoms with Crippen LogP contribution in [0, 0.1) is 0 Å². The van der Waals surface area contributed by atoms with Crippen LogP contribution >= 0.6 is 0 Å². The monoisotopic (exact) mass is 345 g/mol. The highest BCUT2D eigenvalue weighted by molar-refractivity contribution is 6.09. The van der Waals surface area contributed by atoms with Crippen molar-refractivity contribution in [2.45, 2.75) is 13.5 Å². The van der Waals surface area contributed by atoms with Crippen LogP contribution in [0.5, 0.6) is 5.75 Å². The number of aromatic amines is 1.